The number of nitrogens with zero attached hydrogens (tertiary/aromatic N) is 4. The second kappa shape index (κ2) is 10.2. The third-order valence-electron chi connectivity index (χ3n) is 8.33. The van der Waals surface area contributed by atoms with E-state index in [1.165, 1.54) is 44.8 Å². The fourth-order valence-electron chi connectivity index (χ4n) is 6.05. The highest BCUT2D eigenvalue weighted by molar-refractivity contribution is 5.98. The molecule has 4 heterocycles. The van der Waals surface area contributed by atoms with Gasteiger partial charge >= 0.3 is 0 Å². The van der Waals surface area contributed by atoms with E-state index in [4.69, 9.17) is 0 Å². The van der Waals surface area contributed by atoms with Gasteiger partial charge in [-0.05, 0) is 17.7 Å². The topological polar surface area (TPSA) is 15.9 Å². The minimum Gasteiger partial charge on any atom is -0.285 e. The molecule has 2 aromatic heterocycles. The normalized spacial score (nSPS) is 13.7. The van der Waals surface area contributed by atoms with E-state index in [-0.39, 0.29) is 5.41 Å². The Morgan fingerprint density at radius 2 is 1.17 bits per heavy atom. The molecule has 4 aromatic carbocycles. The fraction of sp³-hybridized carbons (Fsp3) is 0.135. The Morgan fingerprint density at radius 1 is 0.585 bits per heavy atom. The highest BCUT2D eigenvalue weighted by Gasteiger charge is 2.32. The van der Waals surface area contributed by atoms with Crippen molar-refractivity contribution in [3.63, 3.8) is 0 Å². The zero-order valence-corrected chi connectivity index (χ0v) is 23.6. The van der Waals surface area contributed by atoms with Crippen molar-refractivity contribution in [3.05, 3.63) is 156 Å². The molecule has 0 aliphatic carbocycles. The maximum Gasteiger partial charge on any atom is 0.228 e. The van der Waals surface area contributed by atoms with E-state index in [0.29, 0.717) is 0 Å². The van der Waals surface area contributed by atoms with Crippen LogP contribution < -0.4 is 0 Å². The third-order valence-corrected chi connectivity index (χ3v) is 8.33. The average molecular weight is 535 g/mol. The molecule has 4 nitrogen and oxygen atoms in total. The molecule has 2 aliphatic heterocycles. The minimum atomic E-state index is -0.0138. The number of benzene rings is 4. The SMILES string of the molecule is C1=[N+](c2ccccc2)Cn2cc3ccccc3c21.CC(C)(c1ccccc1)c1ccc2n1C[N+](c1ccccc1)=C2. The van der Waals surface area contributed by atoms with E-state index in [0.717, 1.165) is 13.3 Å². The molecule has 0 saturated heterocycles. The van der Waals surface area contributed by atoms with Crippen molar-refractivity contribution in [2.45, 2.75) is 32.6 Å². The molecule has 0 unspecified atom stereocenters. The highest BCUT2D eigenvalue weighted by Crippen LogP contribution is 2.34. The Morgan fingerprint density at radius 3 is 1.85 bits per heavy atom. The summed E-state index contributed by atoms with van der Waals surface area (Å²) in [4.78, 5) is 0. The number of hydrogen-bond acceptors (Lipinski definition) is 0. The zero-order chi connectivity index (χ0) is 27.8. The van der Waals surface area contributed by atoms with Crippen LogP contribution in [0.4, 0.5) is 11.4 Å². The summed E-state index contributed by atoms with van der Waals surface area (Å²) in [5, 5.41) is 2.65. The van der Waals surface area contributed by atoms with Crippen LogP contribution in [0.25, 0.3) is 10.8 Å². The lowest BCUT2D eigenvalue weighted by atomic mass is 9.81. The Balaban J connectivity index is 0.000000139. The van der Waals surface area contributed by atoms with Gasteiger partial charge < -0.3 is 0 Å². The maximum absolute atomic E-state index is 2.42. The van der Waals surface area contributed by atoms with Crippen molar-refractivity contribution in [1.29, 1.82) is 0 Å². The van der Waals surface area contributed by atoms with Crippen LogP contribution in [0, 0.1) is 0 Å². The lowest BCUT2D eigenvalue weighted by molar-refractivity contribution is -0.463. The van der Waals surface area contributed by atoms with Crippen LogP contribution >= 0.6 is 0 Å². The minimum absolute atomic E-state index is 0.0138. The molecular weight excluding hydrogens is 500 g/mol. The summed E-state index contributed by atoms with van der Waals surface area (Å²) in [6, 6.07) is 44.8. The summed E-state index contributed by atoms with van der Waals surface area (Å²) in [6.07, 6.45) is 6.70. The smallest absolute Gasteiger partial charge is 0.228 e. The van der Waals surface area contributed by atoms with E-state index < -0.39 is 0 Å². The van der Waals surface area contributed by atoms with Crippen LogP contribution in [0.15, 0.2) is 134 Å². The van der Waals surface area contributed by atoms with Crippen molar-refractivity contribution in [1.82, 2.24) is 9.13 Å². The summed E-state index contributed by atoms with van der Waals surface area (Å²) < 4.78 is 9.30. The van der Waals surface area contributed by atoms with Crippen LogP contribution in [0.5, 0.6) is 0 Å². The van der Waals surface area contributed by atoms with Crippen molar-refractivity contribution < 1.29 is 9.15 Å². The molecule has 8 rings (SSSR count). The van der Waals surface area contributed by atoms with Crippen molar-refractivity contribution in [3.8, 4) is 0 Å². The molecule has 0 atom stereocenters. The molecule has 6 aromatic rings. The predicted octanol–water partition coefficient (Wildman–Crippen LogP) is 7.92. The van der Waals surface area contributed by atoms with Gasteiger partial charge in [0.25, 0.3) is 0 Å². The average Bonchev–Trinajstić information content (AvgIpc) is 3.79. The van der Waals surface area contributed by atoms with Crippen LogP contribution in [-0.4, -0.2) is 30.7 Å². The summed E-state index contributed by atoms with van der Waals surface area (Å²) in [5.41, 5.74) is 7.74. The number of fused-ring (bicyclic) bond motifs is 4. The second-order valence-electron chi connectivity index (χ2n) is 11.3. The molecule has 0 amide bonds. The van der Waals surface area contributed by atoms with E-state index in [2.05, 4.69) is 178 Å². The van der Waals surface area contributed by atoms with Gasteiger partial charge in [-0.15, -0.1) is 0 Å². The Bertz CT molecular complexity index is 1890. The van der Waals surface area contributed by atoms with Crippen molar-refractivity contribution in [2.75, 3.05) is 0 Å². The molecule has 0 bridgehead atoms. The van der Waals surface area contributed by atoms with E-state index >= 15 is 0 Å². The standard InChI is InChI=1S/C21H21N2.C16H13N2/c1-21(2,17-9-5-3-6-10-17)20-14-13-19-15-22(16-23(19)20)18-11-7-4-8-12-18;1-2-7-14(8-3-1)17-11-16-15-9-5-4-6-13(15)10-18(16)12-17/h3-15H,16H2,1-2H3;1-11H,12H2/q2*+1. The van der Waals surface area contributed by atoms with Gasteiger partial charge in [0.1, 0.15) is 11.4 Å². The van der Waals surface area contributed by atoms with Gasteiger partial charge in [0.15, 0.2) is 12.4 Å². The summed E-state index contributed by atoms with van der Waals surface area (Å²) >= 11 is 0. The molecular formula is C37H34N4+2. The highest BCUT2D eigenvalue weighted by atomic mass is 15.2. The number of hydrogen-bond donors (Lipinski definition) is 0. The van der Waals surface area contributed by atoms with Gasteiger partial charge in [-0.3, -0.25) is 9.13 Å². The lowest BCUT2D eigenvalue weighted by Crippen LogP contribution is -2.24. The molecule has 2 aliphatic rings. The van der Waals surface area contributed by atoms with E-state index in [1.54, 1.807) is 0 Å². The number of rotatable bonds is 4. The first kappa shape index (κ1) is 25.0. The van der Waals surface area contributed by atoms with Crippen molar-refractivity contribution in [2.24, 2.45) is 0 Å². The summed E-state index contributed by atoms with van der Waals surface area (Å²) in [7, 11) is 0. The van der Waals surface area contributed by atoms with Gasteiger partial charge in [0.2, 0.25) is 24.7 Å². The Kier molecular flexibility index (Phi) is 6.24. The monoisotopic (exact) mass is 534 g/mol. The van der Waals surface area contributed by atoms with Gasteiger partial charge in [-0.1, -0.05) is 105 Å². The lowest BCUT2D eigenvalue weighted by Gasteiger charge is -2.26. The Hall–Kier alpha value is -4.96. The first-order chi connectivity index (χ1) is 20.1. The maximum atomic E-state index is 2.42. The van der Waals surface area contributed by atoms with Gasteiger partial charge in [0, 0.05) is 52.3 Å². The molecule has 4 heteroatoms. The summed E-state index contributed by atoms with van der Waals surface area (Å²) in [6.45, 7) is 6.37. The van der Waals surface area contributed by atoms with Crippen LogP contribution in [0.2, 0.25) is 0 Å². The quantitative estimate of drug-likeness (QED) is 0.204. The number of para-hydroxylation sites is 2. The van der Waals surface area contributed by atoms with Crippen molar-refractivity contribution >= 4 is 34.6 Å². The summed E-state index contributed by atoms with van der Waals surface area (Å²) in [5.74, 6) is 0. The molecule has 0 N–H and O–H groups in total. The van der Waals surface area contributed by atoms with E-state index in [1.807, 2.05) is 0 Å². The van der Waals surface area contributed by atoms with Gasteiger partial charge in [-0.25, -0.2) is 0 Å². The van der Waals surface area contributed by atoms with E-state index in [9.17, 15) is 0 Å². The molecule has 41 heavy (non-hydrogen) atoms. The second-order valence-corrected chi connectivity index (χ2v) is 11.3. The largest absolute Gasteiger partial charge is 0.285 e. The predicted molar refractivity (Wildman–Crippen MR) is 168 cm³/mol. The Labute approximate surface area is 241 Å². The third kappa shape index (κ3) is 4.62. The van der Waals surface area contributed by atoms with Crippen LogP contribution in [0.3, 0.4) is 0 Å². The number of aromatic nitrogens is 2. The molecule has 0 saturated carbocycles. The first-order valence-electron chi connectivity index (χ1n) is 14.2. The molecule has 200 valence electrons. The van der Waals surface area contributed by atoms with Crippen LogP contribution in [0.1, 0.15) is 36.5 Å². The van der Waals surface area contributed by atoms with Gasteiger partial charge in [0.05, 0.1) is 0 Å². The molecule has 0 fully saturated rings. The molecule has 0 spiro atoms. The van der Waals surface area contributed by atoms with Gasteiger partial charge in [-0.2, -0.15) is 9.15 Å². The first-order valence-corrected chi connectivity index (χ1v) is 14.2. The van der Waals surface area contributed by atoms with Crippen LogP contribution in [-0.2, 0) is 18.8 Å². The zero-order valence-electron chi connectivity index (χ0n) is 23.6. The fourth-order valence-corrected chi connectivity index (χ4v) is 6.05. The molecule has 0 radical (unpaired) electrons.